The topological polar surface area (TPSA) is 155 Å². The molecule has 0 fully saturated rings. The molecule has 8 nitrogen and oxygen atoms in total. The van der Waals surface area contributed by atoms with Gasteiger partial charge in [0.05, 0.1) is 11.8 Å². The summed E-state index contributed by atoms with van der Waals surface area (Å²) < 4.78 is 18.0. The summed E-state index contributed by atoms with van der Waals surface area (Å²) in [5.41, 5.74) is 13.9. The highest BCUT2D eigenvalue weighted by Gasteiger charge is 2.13. The molecule has 2 amide bonds. The van der Waals surface area contributed by atoms with E-state index in [2.05, 4.69) is 5.32 Å². The van der Waals surface area contributed by atoms with Crippen molar-refractivity contribution < 1.29 is 23.5 Å². The van der Waals surface area contributed by atoms with Crippen LogP contribution in [0.5, 0.6) is 5.75 Å². The van der Waals surface area contributed by atoms with E-state index < -0.39 is 11.8 Å². The van der Waals surface area contributed by atoms with Gasteiger partial charge in [-0.15, -0.1) is 0 Å². The number of amides is 2. The fraction of sp³-hybridized carbons (Fsp3) is 0.0385. The molecule has 1 heterocycles. The van der Waals surface area contributed by atoms with Crippen molar-refractivity contribution in [1.82, 2.24) is 0 Å². The zero-order chi connectivity index (χ0) is 25.4. The summed E-state index contributed by atoms with van der Waals surface area (Å²) in [6, 6.07) is 21.2. The van der Waals surface area contributed by atoms with E-state index >= 15 is 0 Å². The molecule has 0 unspecified atom stereocenters. The fourth-order valence-electron chi connectivity index (χ4n) is 3.08. The van der Waals surface area contributed by atoms with Crippen molar-refractivity contribution in [1.29, 1.82) is 5.26 Å². The van der Waals surface area contributed by atoms with Crippen molar-refractivity contribution in [3.05, 3.63) is 107 Å². The minimum absolute atomic E-state index is 0.0475. The largest absolute Gasteiger partial charge is 0.507 e. The number of hydrogen-bond acceptors (Lipinski definition) is 6. The van der Waals surface area contributed by atoms with E-state index in [4.69, 9.17) is 26.3 Å². The molecule has 3 aromatic carbocycles. The molecule has 6 N–H and O–H groups in total. The molecular formula is C26H21FN4O4. The van der Waals surface area contributed by atoms with E-state index in [0.717, 1.165) is 16.8 Å². The zero-order valence-electron chi connectivity index (χ0n) is 18.4. The lowest BCUT2D eigenvalue weighted by atomic mass is 10.1. The van der Waals surface area contributed by atoms with Crippen LogP contribution in [0, 0.1) is 17.1 Å². The van der Waals surface area contributed by atoms with E-state index in [9.17, 15) is 14.0 Å². The van der Waals surface area contributed by atoms with Crippen LogP contribution >= 0.6 is 0 Å². The zero-order valence-corrected chi connectivity index (χ0v) is 18.4. The highest BCUT2D eigenvalue weighted by Crippen LogP contribution is 2.26. The number of nitrogens with zero attached hydrogens (tertiary/aromatic N) is 1. The highest BCUT2D eigenvalue weighted by atomic mass is 19.1. The minimum Gasteiger partial charge on any atom is -0.507 e. The van der Waals surface area contributed by atoms with Gasteiger partial charge in [0.15, 0.2) is 5.76 Å². The van der Waals surface area contributed by atoms with Crippen molar-refractivity contribution >= 4 is 17.5 Å². The van der Waals surface area contributed by atoms with Gasteiger partial charge in [0.1, 0.15) is 17.6 Å². The summed E-state index contributed by atoms with van der Waals surface area (Å²) in [6.45, 7) is 0.595. The van der Waals surface area contributed by atoms with E-state index in [1.54, 1.807) is 24.3 Å². The summed E-state index contributed by atoms with van der Waals surface area (Å²) in [6.07, 6.45) is 1.44. The number of carbonyl (C=O) groups excluding carboxylic acids is 2. The Balaban J connectivity index is 0.000000241. The van der Waals surface area contributed by atoms with Crippen molar-refractivity contribution in [3.8, 4) is 22.9 Å². The Hall–Kier alpha value is -5.10. The SMILES string of the molecule is N#Cc1cc(C(N)=O)ccc1O.NC(=O)c1occc1-c1ccc(NCc2ccc(F)cc2)cc1. The molecule has 4 rings (SSSR count). The molecule has 176 valence electrons. The Morgan fingerprint density at radius 1 is 0.971 bits per heavy atom. The number of nitrogens with one attached hydrogen (secondary N) is 1. The first-order valence-electron chi connectivity index (χ1n) is 10.3. The lowest BCUT2D eigenvalue weighted by Gasteiger charge is -2.08. The third-order valence-electron chi connectivity index (χ3n) is 4.90. The Morgan fingerprint density at radius 3 is 2.26 bits per heavy atom. The van der Waals surface area contributed by atoms with Crippen LogP contribution < -0.4 is 16.8 Å². The van der Waals surface area contributed by atoms with Gasteiger partial charge in [0.2, 0.25) is 5.91 Å². The summed E-state index contributed by atoms with van der Waals surface area (Å²) in [4.78, 5) is 21.9. The summed E-state index contributed by atoms with van der Waals surface area (Å²) in [7, 11) is 0. The van der Waals surface area contributed by atoms with E-state index in [0.29, 0.717) is 12.1 Å². The number of nitrogens with two attached hydrogens (primary N) is 2. The van der Waals surface area contributed by atoms with Crippen LogP contribution in [-0.4, -0.2) is 16.9 Å². The minimum atomic E-state index is -0.619. The van der Waals surface area contributed by atoms with Gasteiger partial charge in [-0.2, -0.15) is 5.26 Å². The predicted molar refractivity (Wildman–Crippen MR) is 128 cm³/mol. The molecule has 0 radical (unpaired) electrons. The molecule has 4 aromatic rings. The first-order chi connectivity index (χ1) is 16.8. The monoisotopic (exact) mass is 472 g/mol. The molecule has 0 aliphatic rings. The molecule has 0 aliphatic heterocycles. The van der Waals surface area contributed by atoms with Gasteiger partial charge >= 0.3 is 0 Å². The normalized spacial score (nSPS) is 9.94. The van der Waals surface area contributed by atoms with Gasteiger partial charge in [-0.05, 0) is 59.7 Å². The van der Waals surface area contributed by atoms with Crippen LogP contribution in [0.1, 0.15) is 32.0 Å². The number of benzene rings is 3. The van der Waals surface area contributed by atoms with E-state index in [1.807, 2.05) is 24.3 Å². The fourth-order valence-corrected chi connectivity index (χ4v) is 3.08. The smallest absolute Gasteiger partial charge is 0.285 e. The Labute approximate surface area is 200 Å². The number of aromatic hydroxyl groups is 1. The lowest BCUT2D eigenvalue weighted by molar-refractivity contribution is 0.0972. The number of phenols is 1. The highest BCUT2D eigenvalue weighted by molar-refractivity contribution is 5.97. The molecule has 35 heavy (non-hydrogen) atoms. The summed E-state index contributed by atoms with van der Waals surface area (Å²) >= 11 is 0. The second-order valence-electron chi connectivity index (χ2n) is 7.29. The third-order valence-corrected chi connectivity index (χ3v) is 4.90. The number of carbonyl (C=O) groups is 2. The molecule has 1 aromatic heterocycles. The molecule has 0 bridgehead atoms. The molecule has 0 atom stereocenters. The molecular weight excluding hydrogens is 451 g/mol. The Morgan fingerprint density at radius 2 is 1.66 bits per heavy atom. The number of furan rings is 1. The number of phenolic OH excluding ortho intramolecular Hbond substituents is 1. The average Bonchev–Trinajstić information content (AvgIpc) is 3.35. The van der Waals surface area contributed by atoms with Crippen LogP contribution in [0.4, 0.5) is 10.1 Å². The number of primary amides is 2. The summed E-state index contributed by atoms with van der Waals surface area (Å²) in [5.74, 6) is -1.46. The van der Waals surface area contributed by atoms with E-state index in [1.165, 1.54) is 36.6 Å². The standard InChI is InChI=1S/C18H15FN2O2.C8H6N2O2/c19-14-5-1-12(2-6-14)11-21-15-7-3-13(4-8-15)16-9-10-23-17(16)18(20)22;9-4-6-3-5(8(10)12)1-2-7(6)11/h1-10,21H,11H2,(H2,20,22);1-3,11H,(H2,10,12). The second kappa shape index (κ2) is 11.2. The van der Waals surface area contributed by atoms with E-state index in [-0.39, 0.29) is 28.5 Å². The van der Waals surface area contributed by atoms with Crippen LogP contribution in [0.15, 0.2) is 83.5 Å². The molecule has 0 spiro atoms. The quantitative estimate of drug-likeness (QED) is 0.330. The third kappa shape index (κ3) is 6.46. The van der Waals surface area contributed by atoms with Crippen molar-refractivity contribution in [2.24, 2.45) is 11.5 Å². The van der Waals surface area contributed by atoms with Crippen LogP contribution in [0.2, 0.25) is 0 Å². The van der Waals surface area contributed by atoms with Gasteiger partial charge in [-0.25, -0.2) is 4.39 Å². The second-order valence-corrected chi connectivity index (χ2v) is 7.29. The average molecular weight is 472 g/mol. The van der Waals surface area contributed by atoms with Gasteiger partial charge in [0, 0.05) is 23.4 Å². The number of halogens is 1. The van der Waals surface area contributed by atoms with Crippen LogP contribution in [0.25, 0.3) is 11.1 Å². The number of rotatable bonds is 6. The maximum atomic E-state index is 12.9. The maximum absolute atomic E-state index is 12.9. The van der Waals surface area contributed by atoms with Crippen LogP contribution in [-0.2, 0) is 6.54 Å². The van der Waals surface area contributed by atoms with Crippen molar-refractivity contribution in [2.75, 3.05) is 5.32 Å². The Bertz CT molecular complexity index is 1370. The molecule has 9 heteroatoms. The number of nitriles is 1. The number of hydrogen-bond donors (Lipinski definition) is 4. The molecule has 0 aliphatic carbocycles. The van der Waals surface area contributed by atoms with Gasteiger partial charge in [-0.1, -0.05) is 24.3 Å². The van der Waals surface area contributed by atoms with Crippen LogP contribution in [0.3, 0.4) is 0 Å². The maximum Gasteiger partial charge on any atom is 0.285 e. The van der Waals surface area contributed by atoms with Crippen molar-refractivity contribution in [2.45, 2.75) is 6.54 Å². The summed E-state index contributed by atoms with van der Waals surface area (Å²) in [5, 5.41) is 20.8. The molecule has 0 saturated carbocycles. The molecule has 0 saturated heterocycles. The van der Waals surface area contributed by atoms with Gasteiger partial charge in [-0.3, -0.25) is 9.59 Å². The van der Waals surface area contributed by atoms with Gasteiger partial charge < -0.3 is 26.3 Å². The van der Waals surface area contributed by atoms with Crippen molar-refractivity contribution in [3.63, 3.8) is 0 Å². The Kier molecular flexibility index (Phi) is 7.82. The predicted octanol–water partition coefficient (Wildman–Crippen LogP) is 4.16. The first kappa shape index (κ1) is 24.5. The van der Waals surface area contributed by atoms with Gasteiger partial charge in [0.25, 0.3) is 5.91 Å². The lowest BCUT2D eigenvalue weighted by Crippen LogP contribution is -2.10. The number of anilines is 1. The first-order valence-corrected chi connectivity index (χ1v) is 10.3.